The maximum atomic E-state index is 13.8. The van der Waals surface area contributed by atoms with E-state index >= 15 is 0 Å². The highest BCUT2D eigenvalue weighted by Gasteiger charge is 2.43. The lowest BCUT2D eigenvalue weighted by Crippen LogP contribution is -2.58. The van der Waals surface area contributed by atoms with Gasteiger partial charge in [-0.2, -0.15) is 0 Å². The Morgan fingerprint density at radius 3 is 2.33 bits per heavy atom. The van der Waals surface area contributed by atoms with E-state index in [-0.39, 0.29) is 37.4 Å². The van der Waals surface area contributed by atoms with Crippen LogP contribution in [0.15, 0.2) is 22.8 Å². The van der Waals surface area contributed by atoms with Crippen molar-refractivity contribution in [3.8, 4) is 0 Å². The summed E-state index contributed by atoms with van der Waals surface area (Å²) in [5, 5.41) is 28.3. The first-order valence-corrected chi connectivity index (χ1v) is 13.7. The number of furan rings is 1. The number of nitrogens with one attached hydrogen (secondary N) is 4. The van der Waals surface area contributed by atoms with Gasteiger partial charge in [0.2, 0.25) is 23.6 Å². The molecule has 0 saturated carbocycles. The molecule has 2 heterocycles. The zero-order chi connectivity index (χ0) is 32.3. The van der Waals surface area contributed by atoms with E-state index in [1.807, 2.05) is 0 Å². The monoisotopic (exact) mass is 607 g/mol. The number of nitrogens with zero attached hydrogens (tertiary/aromatic N) is 1. The SMILES string of the molecule is CC[C@H](C)[C@H](NC(C)=O)C(=O)N[C@@H](CCC(=O)O)C(=O)N1C[C@H](NC(=O)c2ccco2)C[C@H]1C(=O)N[C@H](C=O)CC(=O)O. The molecule has 0 spiro atoms. The fourth-order valence-electron chi connectivity index (χ4n) is 4.60. The second-order valence-electron chi connectivity index (χ2n) is 10.3. The van der Waals surface area contributed by atoms with E-state index in [0.29, 0.717) is 6.42 Å². The number of carboxylic acid groups (broad SMARTS) is 2. The minimum atomic E-state index is -1.44. The summed E-state index contributed by atoms with van der Waals surface area (Å²) >= 11 is 0. The van der Waals surface area contributed by atoms with Gasteiger partial charge in [0.25, 0.3) is 5.91 Å². The molecule has 1 aromatic rings. The van der Waals surface area contributed by atoms with Crippen LogP contribution < -0.4 is 21.3 Å². The van der Waals surface area contributed by atoms with Gasteiger partial charge in [0.15, 0.2) is 5.76 Å². The minimum Gasteiger partial charge on any atom is -0.481 e. The number of amides is 5. The summed E-state index contributed by atoms with van der Waals surface area (Å²) in [6, 6.07) is -3.14. The summed E-state index contributed by atoms with van der Waals surface area (Å²) in [5.41, 5.74) is 0. The molecule has 0 radical (unpaired) electrons. The van der Waals surface area contributed by atoms with Crippen LogP contribution in [0, 0.1) is 5.92 Å². The summed E-state index contributed by atoms with van der Waals surface area (Å²) in [6.45, 7) is 4.48. The number of hydrogen-bond acceptors (Lipinski definition) is 9. The molecule has 43 heavy (non-hydrogen) atoms. The van der Waals surface area contributed by atoms with Crippen molar-refractivity contribution in [2.45, 2.75) is 83.1 Å². The van der Waals surface area contributed by atoms with Crippen molar-refractivity contribution in [1.29, 1.82) is 0 Å². The van der Waals surface area contributed by atoms with Crippen LogP contribution in [0.5, 0.6) is 0 Å². The summed E-state index contributed by atoms with van der Waals surface area (Å²) < 4.78 is 5.07. The van der Waals surface area contributed by atoms with Crippen molar-refractivity contribution in [3.63, 3.8) is 0 Å². The number of carbonyl (C=O) groups is 8. The number of aliphatic carboxylic acids is 2. The first-order valence-electron chi connectivity index (χ1n) is 13.7. The van der Waals surface area contributed by atoms with Crippen LogP contribution in [0.25, 0.3) is 0 Å². The molecule has 6 atom stereocenters. The first-order chi connectivity index (χ1) is 20.3. The Bertz CT molecular complexity index is 1200. The molecule has 16 nitrogen and oxygen atoms in total. The number of carboxylic acids is 2. The topological polar surface area (TPSA) is 242 Å². The van der Waals surface area contributed by atoms with Crippen LogP contribution in [0.4, 0.5) is 0 Å². The molecule has 5 amide bonds. The number of aldehydes is 1. The Balaban J connectivity index is 2.37. The summed E-state index contributed by atoms with van der Waals surface area (Å²) in [7, 11) is 0. The molecule has 0 bridgehead atoms. The third-order valence-corrected chi connectivity index (χ3v) is 6.97. The molecular formula is C27H37N5O11. The zero-order valence-electron chi connectivity index (χ0n) is 24.0. The van der Waals surface area contributed by atoms with E-state index in [9.17, 15) is 43.5 Å². The summed E-state index contributed by atoms with van der Waals surface area (Å²) in [5.74, 6) is -6.60. The summed E-state index contributed by atoms with van der Waals surface area (Å²) in [4.78, 5) is 99.5. The largest absolute Gasteiger partial charge is 0.481 e. The van der Waals surface area contributed by atoms with Gasteiger partial charge < -0.3 is 45.6 Å². The lowest BCUT2D eigenvalue weighted by atomic mass is 9.97. The van der Waals surface area contributed by atoms with E-state index in [1.54, 1.807) is 13.8 Å². The maximum absolute atomic E-state index is 13.8. The van der Waals surface area contributed by atoms with E-state index < -0.39 is 84.5 Å². The van der Waals surface area contributed by atoms with Crippen molar-refractivity contribution in [1.82, 2.24) is 26.2 Å². The van der Waals surface area contributed by atoms with Gasteiger partial charge in [0, 0.05) is 25.9 Å². The Morgan fingerprint density at radius 2 is 1.79 bits per heavy atom. The van der Waals surface area contributed by atoms with Crippen molar-refractivity contribution in [2.75, 3.05) is 6.54 Å². The molecule has 1 fully saturated rings. The van der Waals surface area contributed by atoms with Gasteiger partial charge in [-0.1, -0.05) is 20.3 Å². The molecule has 0 unspecified atom stereocenters. The van der Waals surface area contributed by atoms with Gasteiger partial charge in [0.05, 0.1) is 18.7 Å². The Labute approximate surface area is 246 Å². The molecule has 1 aliphatic heterocycles. The van der Waals surface area contributed by atoms with Gasteiger partial charge in [-0.05, 0) is 30.9 Å². The zero-order valence-corrected chi connectivity index (χ0v) is 24.0. The molecule has 0 aromatic carbocycles. The van der Waals surface area contributed by atoms with Crippen LogP contribution in [0.1, 0.15) is 63.4 Å². The smallest absolute Gasteiger partial charge is 0.305 e. The third-order valence-electron chi connectivity index (χ3n) is 6.97. The third kappa shape index (κ3) is 10.2. The molecule has 1 aliphatic rings. The molecule has 16 heteroatoms. The standard InChI is InChI=1S/C27H37N5O11/c1-4-14(2)23(28-15(3)34)26(41)31-18(7-8-21(35)36)27(42)32-12-16(29-25(40)20-6-5-9-43-20)10-19(32)24(39)30-17(13-33)11-22(37)38/h5-6,9,13-14,16-19,23H,4,7-8,10-12H2,1-3H3,(H,28,34)(H,29,40)(H,30,39)(H,31,41)(H,35,36)(H,37,38)/t14-,16+,17-,18-,19-,23-/m0/s1. The maximum Gasteiger partial charge on any atom is 0.305 e. The Kier molecular flexibility index (Phi) is 12.8. The fourth-order valence-corrected chi connectivity index (χ4v) is 4.60. The van der Waals surface area contributed by atoms with Crippen LogP contribution in [-0.4, -0.2) is 99.6 Å². The van der Waals surface area contributed by atoms with E-state index in [2.05, 4.69) is 21.3 Å². The van der Waals surface area contributed by atoms with Crippen LogP contribution >= 0.6 is 0 Å². The van der Waals surface area contributed by atoms with Gasteiger partial charge in [0.1, 0.15) is 24.4 Å². The Hall–Kier alpha value is -4.76. The van der Waals surface area contributed by atoms with Gasteiger partial charge >= 0.3 is 11.9 Å². The molecule has 236 valence electrons. The average molecular weight is 608 g/mol. The quantitative estimate of drug-likeness (QED) is 0.125. The lowest BCUT2D eigenvalue weighted by molar-refractivity contribution is -0.144. The number of carbonyl (C=O) groups excluding carboxylic acids is 6. The normalized spacial score (nSPS) is 18.8. The lowest BCUT2D eigenvalue weighted by Gasteiger charge is -2.30. The highest BCUT2D eigenvalue weighted by atomic mass is 16.4. The first kappa shape index (κ1) is 34.4. The highest BCUT2D eigenvalue weighted by Crippen LogP contribution is 2.22. The number of likely N-dealkylation sites (tertiary alicyclic amines) is 1. The van der Waals surface area contributed by atoms with Crippen LogP contribution in [-0.2, 0) is 33.6 Å². The molecule has 1 saturated heterocycles. The molecule has 0 aliphatic carbocycles. The molecule has 6 N–H and O–H groups in total. The molecular weight excluding hydrogens is 570 g/mol. The minimum absolute atomic E-state index is 0.0334. The van der Waals surface area contributed by atoms with E-state index in [4.69, 9.17) is 9.52 Å². The Morgan fingerprint density at radius 1 is 1.09 bits per heavy atom. The van der Waals surface area contributed by atoms with Crippen molar-refractivity contribution >= 4 is 47.8 Å². The number of rotatable bonds is 16. The highest BCUT2D eigenvalue weighted by molar-refractivity contribution is 5.96. The average Bonchev–Trinajstić information content (AvgIpc) is 3.63. The van der Waals surface area contributed by atoms with Gasteiger partial charge in [-0.3, -0.25) is 33.6 Å². The van der Waals surface area contributed by atoms with Gasteiger partial charge in [-0.15, -0.1) is 0 Å². The van der Waals surface area contributed by atoms with E-state index in [0.717, 1.165) is 4.90 Å². The van der Waals surface area contributed by atoms with E-state index in [1.165, 1.54) is 25.3 Å². The predicted molar refractivity (Wildman–Crippen MR) is 146 cm³/mol. The fraction of sp³-hybridized carbons (Fsp3) is 0.556. The van der Waals surface area contributed by atoms with Crippen molar-refractivity contribution in [2.24, 2.45) is 5.92 Å². The van der Waals surface area contributed by atoms with Crippen LogP contribution in [0.2, 0.25) is 0 Å². The van der Waals surface area contributed by atoms with Crippen LogP contribution in [0.3, 0.4) is 0 Å². The van der Waals surface area contributed by atoms with Crippen molar-refractivity contribution in [3.05, 3.63) is 24.2 Å². The second-order valence-corrected chi connectivity index (χ2v) is 10.3. The predicted octanol–water partition coefficient (Wildman–Crippen LogP) is -0.962. The van der Waals surface area contributed by atoms with Gasteiger partial charge in [-0.25, -0.2) is 0 Å². The second kappa shape index (κ2) is 16.0. The number of hydrogen-bond donors (Lipinski definition) is 6. The molecule has 2 rings (SSSR count). The van der Waals surface area contributed by atoms with Crippen molar-refractivity contribution < 1.29 is 53.0 Å². The molecule has 1 aromatic heterocycles. The summed E-state index contributed by atoms with van der Waals surface area (Å²) in [6.07, 6.45) is 0.246.